The van der Waals surface area contributed by atoms with Crippen LogP contribution in [0.25, 0.3) is 0 Å². The molecule has 2 rings (SSSR count). The number of hydrogen-bond donors (Lipinski definition) is 1. The lowest BCUT2D eigenvalue weighted by Crippen LogP contribution is -2.47. The lowest BCUT2D eigenvalue weighted by molar-refractivity contribution is -0.131. The molecule has 5 nitrogen and oxygen atoms in total. The molecule has 0 aromatic carbocycles. The van der Waals surface area contributed by atoms with Crippen LogP contribution in [0.15, 0.2) is 17.5 Å². The van der Waals surface area contributed by atoms with E-state index in [4.69, 9.17) is 10.5 Å². The van der Waals surface area contributed by atoms with Crippen molar-refractivity contribution in [3.63, 3.8) is 0 Å². The van der Waals surface area contributed by atoms with Crippen molar-refractivity contribution in [2.24, 2.45) is 5.73 Å². The van der Waals surface area contributed by atoms with Crippen molar-refractivity contribution in [1.82, 2.24) is 9.80 Å². The number of likely N-dealkylation sites (N-methyl/N-ethyl adjacent to an activating group) is 1. The molecule has 7 heteroatoms. The Morgan fingerprint density at radius 2 is 2.19 bits per heavy atom. The second kappa shape index (κ2) is 8.70. The van der Waals surface area contributed by atoms with Gasteiger partial charge in [0.25, 0.3) is 0 Å². The summed E-state index contributed by atoms with van der Waals surface area (Å²) in [6.45, 7) is 5.72. The first-order valence-corrected chi connectivity index (χ1v) is 7.83. The molecule has 0 saturated carbocycles. The number of amides is 1. The van der Waals surface area contributed by atoms with E-state index >= 15 is 0 Å². The van der Waals surface area contributed by atoms with E-state index in [-0.39, 0.29) is 24.4 Å². The van der Waals surface area contributed by atoms with Crippen LogP contribution >= 0.6 is 23.7 Å². The van der Waals surface area contributed by atoms with Gasteiger partial charge in [0.15, 0.2) is 0 Å². The molecule has 2 N–H and O–H groups in total. The molecule has 1 aromatic rings. The maximum atomic E-state index is 12.0. The molecule has 2 atom stereocenters. The Labute approximate surface area is 136 Å². The Balaban J connectivity index is 0.00000220. The molecule has 0 spiro atoms. The quantitative estimate of drug-likeness (QED) is 0.883. The van der Waals surface area contributed by atoms with E-state index in [1.807, 2.05) is 7.05 Å². The Bertz CT molecular complexity index is 422. The number of ether oxygens (including phenoxy) is 1. The normalized spacial score (nSPS) is 18.6. The van der Waals surface area contributed by atoms with Gasteiger partial charge < -0.3 is 15.4 Å². The second-order valence-electron chi connectivity index (χ2n) is 5.19. The number of rotatable bonds is 5. The van der Waals surface area contributed by atoms with Crippen molar-refractivity contribution in [1.29, 1.82) is 0 Å². The number of nitrogens with zero attached hydrogens (tertiary/aromatic N) is 2. The topological polar surface area (TPSA) is 58.8 Å². The molecular weight excluding hydrogens is 310 g/mol. The minimum atomic E-state index is -0.450. The number of morpholine rings is 1. The predicted octanol–water partition coefficient (Wildman–Crippen LogP) is 1.35. The average molecular weight is 334 g/mol. The summed E-state index contributed by atoms with van der Waals surface area (Å²) in [5, 5.41) is 2.08. The lowest BCUT2D eigenvalue weighted by Gasteiger charge is -2.36. The van der Waals surface area contributed by atoms with E-state index < -0.39 is 6.04 Å². The van der Waals surface area contributed by atoms with E-state index in [9.17, 15) is 4.79 Å². The van der Waals surface area contributed by atoms with Crippen molar-refractivity contribution in [3.05, 3.63) is 22.4 Å². The minimum absolute atomic E-state index is 0. The first kappa shape index (κ1) is 18.4. The highest BCUT2D eigenvalue weighted by Gasteiger charge is 2.26. The summed E-state index contributed by atoms with van der Waals surface area (Å²) in [6.07, 6.45) is 0. The molecule has 120 valence electrons. The van der Waals surface area contributed by atoms with Gasteiger partial charge in [-0.15, -0.1) is 23.7 Å². The van der Waals surface area contributed by atoms with Gasteiger partial charge in [0.05, 0.1) is 25.3 Å². The fraction of sp³-hybridized carbons (Fsp3) is 0.643. The third-order valence-electron chi connectivity index (χ3n) is 3.57. The van der Waals surface area contributed by atoms with Crippen molar-refractivity contribution >= 4 is 29.7 Å². The SMILES string of the molecule is CC(N)C(=O)N(C)CC(c1cccs1)N1CCOCC1.Cl. The fourth-order valence-electron chi connectivity index (χ4n) is 2.45. The molecule has 2 unspecified atom stereocenters. The van der Waals surface area contributed by atoms with Gasteiger partial charge in [-0.2, -0.15) is 0 Å². The van der Waals surface area contributed by atoms with Crippen LogP contribution in [0.3, 0.4) is 0 Å². The van der Waals surface area contributed by atoms with E-state index in [2.05, 4.69) is 22.4 Å². The standard InChI is InChI=1S/C14H23N3O2S.ClH/c1-11(15)14(18)16(2)10-12(13-4-3-9-20-13)17-5-7-19-8-6-17;/h3-4,9,11-12H,5-8,10,15H2,1-2H3;1H. The van der Waals surface area contributed by atoms with Crippen LogP contribution in [0.4, 0.5) is 0 Å². The zero-order chi connectivity index (χ0) is 14.5. The summed E-state index contributed by atoms with van der Waals surface area (Å²) >= 11 is 1.74. The fourth-order valence-corrected chi connectivity index (χ4v) is 3.30. The number of thiophene rings is 1. The van der Waals surface area contributed by atoms with Crippen molar-refractivity contribution < 1.29 is 9.53 Å². The number of carbonyl (C=O) groups is 1. The zero-order valence-electron chi connectivity index (χ0n) is 12.5. The Hall–Kier alpha value is -0.660. The van der Waals surface area contributed by atoms with Gasteiger partial charge in [-0.05, 0) is 18.4 Å². The van der Waals surface area contributed by atoms with Crippen molar-refractivity contribution in [2.75, 3.05) is 39.9 Å². The van der Waals surface area contributed by atoms with E-state index in [1.165, 1.54) is 4.88 Å². The summed E-state index contributed by atoms with van der Waals surface area (Å²) in [6, 6.07) is 3.97. The minimum Gasteiger partial charge on any atom is -0.379 e. The summed E-state index contributed by atoms with van der Waals surface area (Å²) in [5.41, 5.74) is 5.69. The van der Waals surface area contributed by atoms with Crippen LogP contribution in [0.5, 0.6) is 0 Å². The van der Waals surface area contributed by atoms with Crippen LogP contribution in [-0.2, 0) is 9.53 Å². The van der Waals surface area contributed by atoms with Gasteiger partial charge in [0.1, 0.15) is 0 Å². The highest BCUT2D eigenvalue weighted by Crippen LogP contribution is 2.26. The van der Waals surface area contributed by atoms with Crippen LogP contribution in [0.2, 0.25) is 0 Å². The van der Waals surface area contributed by atoms with Gasteiger partial charge in [-0.3, -0.25) is 9.69 Å². The number of nitrogens with two attached hydrogens (primary N) is 1. The highest BCUT2D eigenvalue weighted by atomic mass is 35.5. The summed E-state index contributed by atoms with van der Waals surface area (Å²) in [4.78, 5) is 17.4. The van der Waals surface area contributed by atoms with Crippen molar-refractivity contribution in [3.8, 4) is 0 Å². The van der Waals surface area contributed by atoms with Gasteiger partial charge in [-0.25, -0.2) is 0 Å². The Morgan fingerprint density at radius 1 is 1.52 bits per heavy atom. The molecule has 0 radical (unpaired) electrons. The molecule has 1 amide bonds. The van der Waals surface area contributed by atoms with Crippen LogP contribution in [0.1, 0.15) is 17.8 Å². The van der Waals surface area contributed by atoms with E-state index in [1.54, 1.807) is 23.2 Å². The largest absolute Gasteiger partial charge is 0.379 e. The van der Waals surface area contributed by atoms with Crippen LogP contribution in [-0.4, -0.2) is 61.6 Å². The molecular formula is C14H24ClN3O2S. The summed E-state index contributed by atoms with van der Waals surface area (Å²) in [5.74, 6) is -0.0141. The third kappa shape index (κ3) is 4.93. The van der Waals surface area contributed by atoms with Gasteiger partial charge in [0, 0.05) is 31.6 Å². The lowest BCUT2D eigenvalue weighted by atomic mass is 10.1. The molecule has 0 aliphatic carbocycles. The monoisotopic (exact) mass is 333 g/mol. The Kier molecular flexibility index (Phi) is 7.62. The Morgan fingerprint density at radius 3 is 2.71 bits per heavy atom. The first-order valence-electron chi connectivity index (χ1n) is 6.95. The van der Waals surface area contributed by atoms with Gasteiger partial charge in [0.2, 0.25) is 5.91 Å². The summed E-state index contributed by atoms with van der Waals surface area (Å²) < 4.78 is 5.42. The highest BCUT2D eigenvalue weighted by molar-refractivity contribution is 7.10. The maximum absolute atomic E-state index is 12.0. The number of halogens is 1. The molecule has 1 aliphatic rings. The molecule has 21 heavy (non-hydrogen) atoms. The van der Waals surface area contributed by atoms with E-state index in [0.29, 0.717) is 6.54 Å². The van der Waals surface area contributed by atoms with E-state index in [0.717, 1.165) is 26.3 Å². The maximum Gasteiger partial charge on any atom is 0.239 e. The second-order valence-corrected chi connectivity index (χ2v) is 6.17. The van der Waals surface area contributed by atoms with Crippen LogP contribution < -0.4 is 5.73 Å². The average Bonchev–Trinajstić information content (AvgIpc) is 2.98. The number of hydrogen-bond acceptors (Lipinski definition) is 5. The molecule has 1 fully saturated rings. The molecule has 1 aliphatic heterocycles. The van der Waals surface area contributed by atoms with Gasteiger partial charge in [-0.1, -0.05) is 6.07 Å². The smallest absolute Gasteiger partial charge is 0.239 e. The first-order chi connectivity index (χ1) is 9.59. The third-order valence-corrected chi connectivity index (χ3v) is 4.54. The predicted molar refractivity (Wildman–Crippen MR) is 88.0 cm³/mol. The number of carbonyl (C=O) groups excluding carboxylic acids is 1. The van der Waals surface area contributed by atoms with Crippen LogP contribution in [0, 0.1) is 0 Å². The molecule has 1 saturated heterocycles. The summed E-state index contributed by atoms with van der Waals surface area (Å²) in [7, 11) is 1.83. The molecule has 2 heterocycles. The molecule has 1 aromatic heterocycles. The van der Waals surface area contributed by atoms with Crippen molar-refractivity contribution in [2.45, 2.75) is 19.0 Å². The molecule has 0 bridgehead atoms. The van der Waals surface area contributed by atoms with Gasteiger partial charge >= 0.3 is 0 Å². The zero-order valence-corrected chi connectivity index (χ0v) is 14.2.